The molecule has 1 aliphatic heterocycles. The zero-order valence-corrected chi connectivity index (χ0v) is 21.8. The van der Waals surface area contributed by atoms with E-state index >= 15 is 0 Å². The molecule has 9 heteroatoms. The number of piperazine rings is 1. The Labute approximate surface area is 225 Å². The number of nitrogens with one attached hydrogen (secondary N) is 1. The van der Waals surface area contributed by atoms with Gasteiger partial charge in [-0.3, -0.25) is 9.69 Å². The van der Waals surface area contributed by atoms with Crippen molar-refractivity contribution < 1.29 is 4.39 Å². The Morgan fingerprint density at radius 2 is 1.72 bits per heavy atom. The standard InChI is InChI=1S/C30H30FN7O/c1-21-7-12-27-23(19-21)20-26(30(39)32-27)28(29-33-34-35-38(29)14-13-22-5-3-2-4-6-22)37-17-15-36(16-18-37)25-10-8-24(31)9-11-25/h2-12,19-20,28H,13-18H2,1H3,(H,32,39)/t28-/m0/s1. The molecule has 1 N–H and O–H groups in total. The molecule has 0 radical (unpaired) electrons. The molecular weight excluding hydrogens is 493 g/mol. The molecule has 6 rings (SSSR count). The van der Waals surface area contributed by atoms with Gasteiger partial charge < -0.3 is 9.88 Å². The highest BCUT2D eigenvalue weighted by molar-refractivity contribution is 5.79. The number of anilines is 1. The van der Waals surface area contributed by atoms with Crippen molar-refractivity contribution >= 4 is 16.6 Å². The third-order valence-electron chi connectivity index (χ3n) is 7.45. The number of hydrogen-bond donors (Lipinski definition) is 1. The molecule has 0 spiro atoms. The second-order valence-electron chi connectivity index (χ2n) is 10.0. The molecule has 0 saturated carbocycles. The number of benzene rings is 3. The van der Waals surface area contributed by atoms with Crippen LogP contribution in [-0.4, -0.2) is 56.3 Å². The maximum Gasteiger partial charge on any atom is 0.253 e. The Bertz CT molecular complexity index is 1620. The first kappa shape index (κ1) is 24.9. The summed E-state index contributed by atoms with van der Waals surface area (Å²) in [5.41, 5.74) is 4.59. The average Bonchev–Trinajstić information content (AvgIpc) is 3.42. The van der Waals surface area contributed by atoms with Gasteiger partial charge in [-0.2, -0.15) is 0 Å². The predicted molar refractivity (Wildman–Crippen MR) is 149 cm³/mol. The fourth-order valence-electron chi connectivity index (χ4n) is 5.38. The number of rotatable bonds is 7. The van der Waals surface area contributed by atoms with Crippen LogP contribution in [0.15, 0.2) is 83.7 Å². The van der Waals surface area contributed by atoms with Crippen LogP contribution in [0.4, 0.5) is 10.1 Å². The van der Waals surface area contributed by atoms with E-state index in [1.807, 2.05) is 60.1 Å². The SMILES string of the molecule is Cc1ccc2[nH]c(=O)c([C@@H](c3nnnn3CCc3ccccc3)N3CCN(c4ccc(F)cc4)CC3)cc2c1. The lowest BCUT2D eigenvalue weighted by molar-refractivity contribution is 0.199. The van der Waals surface area contributed by atoms with E-state index < -0.39 is 6.04 Å². The van der Waals surface area contributed by atoms with E-state index in [1.165, 1.54) is 17.7 Å². The number of aryl methyl sites for hydroxylation is 3. The normalized spacial score (nSPS) is 15.1. The predicted octanol–water partition coefficient (Wildman–Crippen LogP) is 4.12. The summed E-state index contributed by atoms with van der Waals surface area (Å²) in [6.45, 7) is 5.50. The van der Waals surface area contributed by atoms with E-state index in [4.69, 9.17) is 0 Å². The van der Waals surface area contributed by atoms with Gasteiger partial charge in [-0.1, -0.05) is 42.0 Å². The van der Waals surface area contributed by atoms with Gasteiger partial charge in [0.05, 0.1) is 0 Å². The average molecular weight is 524 g/mol. The topological polar surface area (TPSA) is 82.9 Å². The highest BCUT2D eigenvalue weighted by Crippen LogP contribution is 2.29. The number of aromatic amines is 1. The second kappa shape index (κ2) is 10.8. The number of halogens is 1. The molecule has 1 atom stereocenters. The van der Waals surface area contributed by atoms with Crippen molar-refractivity contribution in [2.75, 3.05) is 31.1 Å². The van der Waals surface area contributed by atoms with E-state index in [0.29, 0.717) is 31.0 Å². The van der Waals surface area contributed by atoms with Gasteiger partial charge in [-0.15, -0.1) is 5.10 Å². The molecular formula is C30H30FN7O. The van der Waals surface area contributed by atoms with Crippen molar-refractivity contribution in [3.05, 3.63) is 118 Å². The smallest absolute Gasteiger partial charge is 0.253 e. The summed E-state index contributed by atoms with van der Waals surface area (Å²) in [5.74, 6) is 0.407. The van der Waals surface area contributed by atoms with E-state index in [2.05, 4.69) is 48.5 Å². The van der Waals surface area contributed by atoms with Crippen LogP contribution < -0.4 is 10.5 Å². The first-order valence-electron chi connectivity index (χ1n) is 13.2. The van der Waals surface area contributed by atoms with Crippen molar-refractivity contribution in [1.82, 2.24) is 30.1 Å². The summed E-state index contributed by atoms with van der Waals surface area (Å²) in [7, 11) is 0. The number of tetrazole rings is 1. The Morgan fingerprint density at radius 3 is 2.49 bits per heavy atom. The minimum atomic E-state index is -0.417. The highest BCUT2D eigenvalue weighted by atomic mass is 19.1. The van der Waals surface area contributed by atoms with Gasteiger partial charge in [-0.05, 0) is 77.2 Å². The van der Waals surface area contributed by atoms with Crippen molar-refractivity contribution in [2.45, 2.75) is 25.9 Å². The number of nitrogens with zero attached hydrogens (tertiary/aromatic N) is 6. The van der Waals surface area contributed by atoms with Crippen molar-refractivity contribution in [1.29, 1.82) is 0 Å². The van der Waals surface area contributed by atoms with Gasteiger partial charge in [-0.25, -0.2) is 9.07 Å². The van der Waals surface area contributed by atoms with Gasteiger partial charge in [0, 0.05) is 49.5 Å². The second-order valence-corrected chi connectivity index (χ2v) is 10.0. The quantitative estimate of drug-likeness (QED) is 0.346. The molecule has 1 aliphatic rings. The van der Waals surface area contributed by atoms with Gasteiger partial charge >= 0.3 is 0 Å². The molecule has 198 valence electrons. The van der Waals surface area contributed by atoms with Crippen molar-refractivity contribution in [3.63, 3.8) is 0 Å². The number of fused-ring (bicyclic) bond motifs is 1. The van der Waals surface area contributed by atoms with E-state index in [9.17, 15) is 9.18 Å². The molecule has 8 nitrogen and oxygen atoms in total. The molecule has 1 fully saturated rings. The van der Waals surface area contributed by atoms with Crippen LogP contribution in [-0.2, 0) is 13.0 Å². The van der Waals surface area contributed by atoms with Crippen LogP contribution in [0.5, 0.6) is 0 Å². The summed E-state index contributed by atoms with van der Waals surface area (Å²) in [4.78, 5) is 21.1. The number of hydrogen-bond acceptors (Lipinski definition) is 6. The van der Waals surface area contributed by atoms with Crippen molar-refractivity contribution in [2.24, 2.45) is 0 Å². The van der Waals surface area contributed by atoms with Crippen LogP contribution in [0.1, 0.15) is 28.6 Å². The maximum atomic E-state index is 13.5. The zero-order valence-electron chi connectivity index (χ0n) is 21.8. The summed E-state index contributed by atoms with van der Waals surface area (Å²) >= 11 is 0. The van der Waals surface area contributed by atoms with Crippen molar-refractivity contribution in [3.8, 4) is 0 Å². The molecule has 0 bridgehead atoms. The number of pyridine rings is 1. The molecule has 2 aromatic heterocycles. The molecule has 5 aromatic rings. The fourth-order valence-corrected chi connectivity index (χ4v) is 5.38. The zero-order chi connectivity index (χ0) is 26.8. The Hall–Kier alpha value is -4.37. The molecule has 0 unspecified atom stereocenters. The lowest BCUT2D eigenvalue weighted by Gasteiger charge is -2.39. The third kappa shape index (κ3) is 5.31. The monoisotopic (exact) mass is 523 g/mol. The minimum absolute atomic E-state index is 0.144. The van der Waals surface area contributed by atoms with Gasteiger partial charge in [0.1, 0.15) is 11.9 Å². The summed E-state index contributed by atoms with van der Waals surface area (Å²) in [5, 5.41) is 13.8. The molecule has 0 amide bonds. The Kier molecular flexibility index (Phi) is 6.89. The lowest BCUT2D eigenvalue weighted by Crippen LogP contribution is -2.49. The molecule has 3 heterocycles. The Balaban J connectivity index is 1.35. The molecule has 1 saturated heterocycles. The van der Waals surface area contributed by atoms with Crippen LogP contribution in [0.2, 0.25) is 0 Å². The van der Waals surface area contributed by atoms with Gasteiger partial charge in [0.2, 0.25) is 0 Å². The van der Waals surface area contributed by atoms with Crippen LogP contribution in [0, 0.1) is 12.7 Å². The van der Waals surface area contributed by atoms with Crippen LogP contribution >= 0.6 is 0 Å². The lowest BCUT2D eigenvalue weighted by atomic mass is 10.0. The Morgan fingerprint density at radius 1 is 0.949 bits per heavy atom. The first-order valence-corrected chi connectivity index (χ1v) is 13.2. The third-order valence-corrected chi connectivity index (χ3v) is 7.45. The van der Waals surface area contributed by atoms with Crippen LogP contribution in [0.3, 0.4) is 0 Å². The van der Waals surface area contributed by atoms with E-state index in [1.54, 1.807) is 0 Å². The summed E-state index contributed by atoms with van der Waals surface area (Å²) in [6, 6.07) is 24.4. The first-order chi connectivity index (χ1) is 19.0. The number of H-pyrrole nitrogens is 1. The van der Waals surface area contributed by atoms with E-state index in [0.717, 1.165) is 41.7 Å². The van der Waals surface area contributed by atoms with E-state index in [-0.39, 0.29) is 11.4 Å². The van der Waals surface area contributed by atoms with Gasteiger partial charge in [0.15, 0.2) is 5.82 Å². The maximum absolute atomic E-state index is 13.5. The fraction of sp³-hybridized carbons (Fsp3) is 0.267. The summed E-state index contributed by atoms with van der Waals surface area (Å²) < 4.78 is 15.3. The molecule has 0 aliphatic carbocycles. The summed E-state index contributed by atoms with van der Waals surface area (Å²) in [6.07, 6.45) is 0.775. The largest absolute Gasteiger partial charge is 0.369 e. The minimum Gasteiger partial charge on any atom is -0.369 e. The molecule has 39 heavy (non-hydrogen) atoms. The number of aromatic nitrogens is 5. The van der Waals surface area contributed by atoms with Gasteiger partial charge in [0.25, 0.3) is 5.56 Å². The molecule has 3 aromatic carbocycles. The highest BCUT2D eigenvalue weighted by Gasteiger charge is 2.32. The van der Waals surface area contributed by atoms with Crippen LogP contribution in [0.25, 0.3) is 10.9 Å².